The van der Waals surface area contributed by atoms with E-state index in [0.717, 1.165) is 11.8 Å². The van der Waals surface area contributed by atoms with Crippen molar-refractivity contribution in [1.82, 2.24) is 9.97 Å². The predicted molar refractivity (Wildman–Crippen MR) is 73.0 cm³/mol. The number of carbonyl (C=O) groups excluding carboxylic acids is 1. The summed E-state index contributed by atoms with van der Waals surface area (Å²) in [5, 5.41) is 11.0. The Labute approximate surface area is 117 Å². The van der Waals surface area contributed by atoms with Gasteiger partial charge in [-0.15, -0.1) is 0 Å². The average molecular weight is 291 g/mol. The van der Waals surface area contributed by atoms with Crippen molar-refractivity contribution in [2.75, 3.05) is 5.75 Å². The van der Waals surface area contributed by atoms with Gasteiger partial charge in [0, 0.05) is 30.0 Å². The molecule has 0 spiro atoms. The largest absolute Gasteiger partial charge is 0.301 e. The van der Waals surface area contributed by atoms with Crippen LogP contribution in [-0.2, 0) is 0 Å². The molecule has 0 bridgehead atoms. The van der Waals surface area contributed by atoms with Crippen LogP contribution in [0.5, 0.6) is 0 Å². The second-order valence-electron chi connectivity index (χ2n) is 3.76. The first-order chi connectivity index (χ1) is 9.56. The Hall–Kier alpha value is -2.48. The molecule has 7 nitrogen and oxygen atoms in total. The number of benzene rings is 1. The average Bonchev–Trinajstić information content (AvgIpc) is 2.45. The molecule has 102 valence electrons. The van der Waals surface area contributed by atoms with Crippen molar-refractivity contribution < 1.29 is 9.72 Å². The Balaban J connectivity index is 2.07. The van der Waals surface area contributed by atoms with Gasteiger partial charge in [0.2, 0.25) is 0 Å². The highest BCUT2D eigenvalue weighted by molar-refractivity contribution is 7.99. The van der Waals surface area contributed by atoms with Crippen molar-refractivity contribution in [2.24, 2.45) is 0 Å². The molecule has 1 N–H and O–H groups in total. The van der Waals surface area contributed by atoms with E-state index in [1.807, 2.05) is 0 Å². The minimum atomic E-state index is -0.555. The molecular formula is C12H9N3O4S. The lowest BCUT2D eigenvalue weighted by molar-refractivity contribution is -0.384. The smallest absolute Gasteiger partial charge is 0.270 e. The number of H-pyrrole nitrogens is 1. The van der Waals surface area contributed by atoms with Gasteiger partial charge in [0.15, 0.2) is 10.9 Å². The number of rotatable bonds is 5. The van der Waals surface area contributed by atoms with Crippen LogP contribution in [0.2, 0.25) is 0 Å². The molecule has 1 aromatic heterocycles. The number of aromatic amines is 1. The van der Waals surface area contributed by atoms with Crippen LogP contribution in [0.3, 0.4) is 0 Å². The number of nitrogens with zero attached hydrogens (tertiary/aromatic N) is 2. The molecule has 1 aromatic carbocycles. The molecule has 0 amide bonds. The van der Waals surface area contributed by atoms with Gasteiger partial charge in [-0.3, -0.25) is 19.7 Å². The topological polar surface area (TPSA) is 106 Å². The van der Waals surface area contributed by atoms with E-state index in [9.17, 15) is 19.7 Å². The van der Waals surface area contributed by atoms with E-state index in [1.54, 1.807) is 0 Å². The van der Waals surface area contributed by atoms with Crippen molar-refractivity contribution in [2.45, 2.75) is 5.16 Å². The fourth-order valence-corrected chi connectivity index (χ4v) is 2.18. The number of carbonyl (C=O) groups is 1. The van der Waals surface area contributed by atoms with Crippen LogP contribution in [0.25, 0.3) is 0 Å². The van der Waals surface area contributed by atoms with Crippen LogP contribution in [-0.4, -0.2) is 26.4 Å². The standard InChI is InChI=1S/C12H9N3O4S/c16-10(7-20-12-13-5-4-11(17)14-12)8-2-1-3-9(6-8)15(18)19/h1-6H,7H2,(H,13,14,17). The van der Waals surface area contributed by atoms with Crippen molar-refractivity contribution in [3.63, 3.8) is 0 Å². The van der Waals surface area contributed by atoms with Crippen LogP contribution >= 0.6 is 11.8 Å². The van der Waals surface area contributed by atoms with Gasteiger partial charge in [0.25, 0.3) is 11.2 Å². The maximum Gasteiger partial charge on any atom is 0.270 e. The summed E-state index contributed by atoms with van der Waals surface area (Å²) in [4.78, 5) is 39.4. The molecule has 0 atom stereocenters. The summed E-state index contributed by atoms with van der Waals surface area (Å²) in [5.41, 5.74) is -0.178. The molecule has 0 aliphatic rings. The molecule has 1 heterocycles. The molecule has 0 unspecified atom stereocenters. The number of Topliss-reactive ketones (excluding diaryl/α,β-unsaturated/α-hetero) is 1. The first-order valence-corrected chi connectivity index (χ1v) is 6.50. The van der Waals surface area contributed by atoms with Crippen LogP contribution < -0.4 is 5.56 Å². The lowest BCUT2D eigenvalue weighted by atomic mass is 10.1. The van der Waals surface area contributed by atoms with Gasteiger partial charge in [-0.05, 0) is 0 Å². The Kier molecular flexibility index (Phi) is 4.26. The zero-order chi connectivity index (χ0) is 14.5. The summed E-state index contributed by atoms with van der Waals surface area (Å²) in [6, 6.07) is 6.78. The number of non-ortho nitro benzene ring substituents is 1. The third-order valence-electron chi connectivity index (χ3n) is 2.37. The molecule has 8 heteroatoms. The minimum absolute atomic E-state index is 0.0358. The second kappa shape index (κ2) is 6.11. The van der Waals surface area contributed by atoms with Gasteiger partial charge in [0.1, 0.15) is 0 Å². The van der Waals surface area contributed by atoms with E-state index in [0.29, 0.717) is 5.16 Å². The second-order valence-corrected chi connectivity index (χ2v) is 4.72. The molecular weight excluding hydrogens is 282 g/mol. The number of hydrogen-bond donors (Lipinski definition) is 1. The number of nitrogens with one attached hydrogen (secondary N) is 1. The van der Waals surface area contributed by atoms with Crippen LogP contribution in [0.1, 0.15) is 10.4 Å². The van der Waals surface area contributed by atoms with E-state index in [2.05, 4.69) is 9.97 Å². The van der Waals surface area contributed by atoms with Crippen LogP contribution in [0.4, 0.5) is 5.69 Å². The lowest BCUT2D eigenvalue weighted by Gasteiger charge is -2.01. The Morgan fingerprint density at radius 1 is 1.40 bits per heavy atom. The van der Waals surface area contributed by atoms with Crippen molar-refractivity contribution in [3.05, 3.63) is 62.6 Å². The lowest BCUT2D eigenvalue weighted by Crippen LogP contribution is -2.08. The zero-order valence-electron chi connectivity index (χ0n) is 10.1. The van der Waals surface area contributed by atoms with Crippen molar-refractivity contribution in [1.29, 1.82) is 0 Å². The highest BCUT2D eigenvalue weighted by Crippen LogP contribution is 2.17. The SMILES string of the molecule is O=C(CSc1nccc(=O)[nH]1)c1cccc([N+](=O)[O-])c1. The summed E-state index contributed by atoms with van der Waals surface area (Å²) in [6.07, 6.45) is 1.35. The summed E-state index contributed by atoms with van der Waals surface area (Å²) >= 11 is 1.07. The molecule has 0 aliphatic heterocycles. The summed E-state index contributed by atoms with van der Waals surface area (Å²) in [7, 11) is 0. The summed E-state index contributed by atoms with van der Waals surface area (Å²) in [6.45, 7) is 0. The quantitative estimate of drug-likeness (QED) is 0.295. The van der Waals surface area contributed by atoms with Crippen LogP contribution in [0, 0.1) is 10.1 Å². The zero-order valence-corrected chi connectivity index (χ0v) is 10.9. The highest BCUT2D eigenvalue weighted by Gasteiger charge is 2.12. The van der Waals surface area contributed by atoms with Gasteiger partial charge in [-0.25, -0.2) is 4.98 Å². The maximum atomic E-state index is 11.9. The number of aromatic nitrogens is 2. The molecule has 0 fully saturated rings. The van der Waals surface area contributed by atoms with Gasteiger partial charge < -0.3 is 4.98 Å². The Bertz CT molecular complexity index is 714. The predicted octanol–water partition coefficient (Wildman–Crippen LogP) is 1.65. The Morgan fingerprint density at radius 3 is 2.90 bits per heavy atom. The van der Waals surface area contributed by atoms with Crippen molar-refractivity contribution in [3.8, 4) is 0 Å². The van der Waals surface area contributed by atoms with E-state index in [-0.39, 0.29) is 28.3 Å². The maximum absolute atomic E-state index is 11.9. The molecule has 0 radical (unpaired) electrons. The fourth-order valence-electron chi connectivity index (χ4n) is 1.44. The summed E-state index contributed by atoms with van der Waals surface area (Å²) in [5.74, 6) is -0.237. The van der Waals surface area contributed by atoms with E-state index < -0.39 is 4.92 Å². The molecule has 0 aliphatic carbocycles. The summed E-state index contributed by atoms with van der Waals surface area (Å²) < 4.78 is 0. The fraction of sp³-hybridized carbons (Fsp3) is 0.0833. The molecule has 2 aromatic rings. The third-order valence-corrected chi connectivity index (χ3v) is 3.25. The Morgan fingerprint density at radius 2 is 2.20 bits per heavy atom. The van der Waals surface area contributed by atoms with E-state index >= 15 is 0 Å². The number of nitro benzene ring substituents is 1. The molecule has 0 saturated heterocycles. The van der Waals surface area contributed by atoms with Crippen LogP contribution in [0.15, 0.2) is 46.5 Å². The van der Waals surface area contributed by atoms with Gasteiger partial charge in [-0.2, -0.15) is 0 Å². The number of nitro groups is 1. The highest BCUT2D eigenvalue weighted by atomic mass is 32.2. The van der Waals surface area contributed by atoms with Crippen molar-refractivity contribution >= 4 is 23.2 Å². The van der Waals surface area contributed by atoms with E-state index in [1.165, 1.54) is 36.5 Å². The number of hydrogen-bond acceptors (Lipinski definition) is 6. The molecule has 0 saturated carbocycles. The molecule has 2 rings (SSSR count). The minimum Gasteiger partial charge on any atom is -0.301 e. The first kappa shape index (κ1) is 13.9. The monoisotopic (exact) mass is 291 g/mol. The number of ketones is 1. The van der Waals surface area contributed by atoms with Gasteiger partial charge in [0.05, 0.1) is 10.7 Å². The van der Waals surface area contributed by atoms with Gasteiger partial charge in [-0.1, -0.05) is 23.9 Å². The van der Waals surface area contributed by atoms with E-state index in [4.69, 9.17) is 0 Å². The third kappa shape index (κ3) is 3.51. The van der Waals surface area contributed by atoms with Gasteiger partial charge >= 0.3 is 0 Å². The molecule has 20 heavy (non-hydrogen) atoms. The normalized spacial score (nSPS) is 10.2. The number of thioether (sulfide) groups is 1. The first-order valence-electron chi connectivity index (χ1n) is 5.52.